The van der Waals surface area contributed by atoms with Crippen LogP contribution in [0.15, 0.2) is 33.8 Å². The average molecular weight is 312 g/mol. The van der Waals surface area contributed by atoms with E-state index in [4.69, 9.17) is 9.52 Å². The van der Waals surface area contributed by atoms with E-state index >= 15 is 0 Å². The minimum atomic E-state index is -3.94. The first-order chi connectivity index (χ1) is 9.83. The van der Waals surface area contributed by atoms with Gasteiger partial charge in [-0.2, -0.15) is 0 Å². The van der Waals surface area contributed by atoms with Gasteiger partial charge in [0, 0.05) is 25.5 Å². The maximum atomic E-state index is 12.3. The molecular weight excluding hydrogens is 296 g/mol. The second kappa shape index (κ2) is 5.74. The van der Waals surface area contributed by atoms with E-state index in [0.29, 0.717) is 6.54 Å². The standard InChI is InChI=1S/C13H16N2O5S/c1-9-11(13(16)17)12(10(2)20-9)21(18,19)14-5-8-15-6-3-4-7-15/h3-4,6-7,14H,5,8H2,1-2H3,(H,16,17). The molecule has 7 nitrogen and oxygen atoms in total. The van der Waals surface area contributed by atoms with E-state index in [9.17, 15) is 13.2 Å². The summed E-state index contributed by atoms with van der Waals surface area (Å²) in [5.74, 6) is -1.18. The van der Waals surface area contributed by atoms with E-state index in [-0.39, 0.29) is 28.5 Å². The summed E-state index contributed by atoms with van der Waals surface area (Å²) in [7, 11) is -3.94. The Kier molecular flexibility index (Phi) is 4.19. The van der Waals surface area contributed by atoms with Crippen molar-refractivity contribution < 1.29 is 22.7 Å². The van der Waals surface area contributed by atoms with Crippen LogP contribution in [0.1, 0.15) is 21.9 Å². The Morgan fingerprint density at radius 1 is 1.29 bits per heavy atom. The average Bonchev–Trinajstić information content (AvgIpc) is 2.96. The van der Waals surface area contributed by atoms with Crippen LogP contribution < -0.4 is 4.72 Å². The molecule has 2 aromatic heterocycles. The molecule has 0 saturated heterocycles. The molecule has 0 aliphatic heterocycles. The summed E-state index contributed by atoms with van der Waals surface area (Å²) in [5.41, 5.74) is -0.319. The number of carbonyl (C=O) groups is 1. The summed E-state index contributed by atoms with van der Waals surface area (Å²) in [6, 6.07) is 3.67. The van der Waals surface area contributed by atoms with E-state index in [0.717, 1.165) is 0 Å². The zero-order chi connectivity index (χ0) is 15.6. The minimum absolute atomic E-state index is 0.0679. The molecular formula is C13H16N2O5S. The summed E-state index contributed by atoms with van der Waals surface area (Å²) in [6.07, 6.45) is 3.62. The largest absolute Gasteiger partial charge is 0.478 e. The highest BCUT2D eigenvalue weighted by molar-refractivity contribution is 7.89. The summed E-state index contributed by atoms with van der Waals surface area (Å²) in [5, 5.41) is 9.14. The van der Waals surface area contributed by atoms with Gasteiger partial charge in [-0.1, -0.05) is 0 Å². The van der Waals surface area contributed by atoms with Crippen molar-refractivity contribution in [1.29, 1.82) is 0 Å². The lowest BCUT2D eigenvalue weighted by atomic mass is 10.2. The molecule has 2 heterocycles. The van der Waals surface area contributed by atoms with E-state index < -0.39 is 16.0 Å². The Labute approximate surface area is 122 Å². The van der Waals surface area contributed by atoms with Gasteiger partial charge in [0.25, 0.3) is 0 Å². The Bertz CT molecular complexity index is 744. The number of nitrogens with zero attached hydrogens (tertiary/aromatic N) is 1. The van der Waals surface area contributed by atoms with Gasteiger partial charge in [0.05, 0.1) is 0 Å². The van der Waals surface area contributed by atoms with Crippen molar-refractivity contribution in [2.24, 2.45) is 0 Å². The van der Waals surface area contributed by atoms with Crippen LogP contribution in [0.5, 0.6) is 0 Å². The van der Waals surface area contributed by atoms with Gasteiger partial charge in [0.2, 0.25) is 10.0 Å². The fourth-order valence-corrected chi connectivity index (χ4v) is 3.56. The van der Waals surface area contributed by atoms with E-state index in [1.165, 1.54) is 13.8 Å². The number of carboxylic acids is 1. The normalized spacial score (nSPS) is 11.7. The molecule has 0 bridgehead atoms. The lowest BCUT2D eigenvalue weighted by Gasteiger charge is -2.07. The Morgan fingerprint density at radius 3 is 2.48 bits per heavy atom. The maximum absolute atomic E-state index is 12.3. The third kappa shape index (κ3) is 3.17. The first kappa shape index (κ1) is 15.3. The first-order valence-electron chi connectivity index (χ1n) is 6.26. The Balaban J connectivity index is 2.21. The highest BCUT2D eigenvalue weighted by atomic mass is 32.2. The van der Waals surface area contributed by atoms with Crippen LogP contribution in [0.2, 0.25) is 0 Å². The number of nitrogens with one attached hydrogen (secondary N) is 1. The molecule has 0 unspecified atom stereocenters. The fourth-order valence-electron chi connectivity index (χ4n) is 2.13. The van der Waals surface area contributed by atoms with Crippen LogP contribution in [0, 0.1) is 13.8 Å². The molecule has 0 amide bonds. The van der Waals surface area contributed by atoms with Gasteiger partial charge >= 0.3 is 5.97 Å². The lowest BCUT2D eigenvalue weighted by Crippen LogP contribution is -2.28. The second-order valence-electron chi connectivity index (χ2n) is 4.54. The monoisotopic (exact) mass is 312 g/mol. The SMILES string of the molecule is Cc1oc(C)c(S(=O)(=O)NCCn2cccc2)c1C(=O)O. The Morgan fingerprint density at radius 2 is 1.90 bits per heavy atom. The molecule has 0 radical (unpaired) electrons. The van der Waals surface area contributed by atoms with Crippen LogP contribution in [0.3, 0.4) is 0 Å². The van der Waals surface area contributed by atoms with Crippen molar-refractivity contribution >= 4 is 16.0 Å². The molecule has 0 aromatic carbocycles. The Hall–Kier alpha value is -2.06. The quantitative estimate of drug-likeness (QED) is 0.839. The molecule has 114 valence electrons. The molecule has 2 rings (SSSR count). The molecule has 2 N–H and O–H groups in total. The van der Waals surface area contributed by atoms with Gasteiger partial charge in [-0.3, -0.25) is 0 Å². The number of aromatic nitrogens is 1. The first-order valence-corrected chi connectivity index (χ1v) is 7.75. The summed E-state index contributed by atoms with van der Waals surface area (Å²) in [4.78, 5) is 10.9. The van der Waals surface area contributed by atoms with Crippen molar-refractivity contribution in [1.82, 2.24) is 9.29 Å². The van der Waals surface area contributed by atoms with Crippen LogP contribution in [-0.2, 0) is 16.6 Å². The maximum Gasteiger partial charge on any atom is 0.340 e. The number of carboxylic acid groups (broad SMARTS) is 1. The van der Waals surface area contributed by atoms with Crippen molar-refractivity contribution in [2.75, 3.05) is 6.54 Å². The minimum Gasteiger partial charge on any atom is -0.478 e. The molecule has 0 fully saturated rings. The van der Waals surface area contributed by atoms with Gasteiger partial charge in [0.15, 0.2) is 0 Å². The number of sulfonamides is 1. The predicted octanol–water partition coefficient (Wildman–Crippen LogP) is 1.37. The van der Waals surface area contributed by atoms with Crippen LogP contribution in [0.25, 0.3) is 0 Å². The van der Waals surface area contributed by atoms with Crippen molar-refractivity contribution in [3.63, 3.8) is 0 Å². The molecule has 0 aliphatic rings. The zero-order valence-corrected chi connectivity index (χ0v) is 12.5. The zero-order valence-electron chi connectivity index (χ0n) is 11.7. The number of hydrogen-bond donors (Lipinski definition) is 2. The fraction of sp³-hybridized carbons (Fsp3) is 0.308. The van der Waals surface area contributed by atoms with Crippen molar-refractivity contribution in [2.45, 2.75) is 25.3 Å². The third-order valence-electron chi connectivity index (χ3n) is 3.02. The summed E-state index contributed by atoms with van der Waals surface area (Å²) in [6.45, 7) is 3.46. The number of furan rings is 1. The van der Waals surface area contributed by atoms with Crippen LogP contribution >= 0.6 is 0 Å². The van der Waals surface area contributed by atoms with Crippen molar-refractivity contribution in [3.8, 4) is 0 Å². The third-order valence-corrected chi connectivity index (χ3v) is 4.63. The summed E-state index contributed by atoms with van der Waals surface area (Å²) >= 11 is 0. The number of hydrogen-bond acceptors (Lipinski definition) is 4. The molecule has 0 aliphatic carbocycles. The van der Waals surface area contributed by atoms with Gasteiger partial charge in [-0.25, -0.2) is 17.9 Å². The smallest absolute Gasteiger partial charge is 0.340 e. The number of rotatable bonds is 6. The summed E-state index contributed by atoms with van der Waals surface area (Å²) < 4.78 is 33.9. The van der Waals surface area contributed by atoms with E-state index in [1.807, 2.05) is 29.1 Å². The molecule has 21 heavy (non-hydrogen) atoms. The van der Waals surface area contributed by atoms with Gasteiger partial charge < -0.3 is 14.1 Å². The van der Waals surface area contributed by atoms with Gasteiger partial charge in [0.1, 0.15) is 22.0 Å². The molecule has 0 saturated carbocycles. The highest BCUT2D eigenvalue weighted by Gasteiger charge is 2.30. The highest BCUT2D eigenvalue weighted by Crippen LogP contribution is 2.26. The van der Waals surface area contributed by atoms with E-state index in [1.54, 1.807) is 0 Å². The lowest BCUT2D eigenvalue weighted by molar-refractivity contribution is 0.0691. The number of aryl methyl sites for hydroxylation is 2. The molecule has 0 atom stereocenters. The molecule has 0 spiro atoms. The van der Waals surface area contributed by atoms with Crippen LogP contribution in [-0.4, -0.2) is 30.6 Å². The molecule has 2 aromatic rings. The van der Waals surface area contributed by atoms with E-state index in [2.05, 4.69) is 4.72 Å². The molecule has 8 heteroatoms. The second-order valence-corrected chi connectivity index (χ2v) is 6.25. The number of aromatic carboxylic acids is 1. The predicted molar refractivity (Wildman–Crippen MR) is 74.8 cm³/mol. The topological polar surface area (TPSA) is 102 Å². The van der Waals surface area contributed by atoms with Crippen LogP contribution in [0.4, 0.5) is 0 Å². The van der Waals surface area contributed by atoms with Crippen molar-refractivity contribution in [3.05, 3.63) is 41.6 Å². The van der Waals surface area contributed by atoms with Gasteiger partial charge in [-0.05, 0) is 26.0 Å². The van der Waals surface area contributed by atoms with Gasteiger partial charge in [-0.15, -0.1) is 0 Å².